The summed E-state index contributed by atoms with van der Waals surface area (Å²) in [6.07, 6.45) is -0.110. The monoisotopic (exact) mass is 933 g/mol. The molecule has 0 fully saturated rings. The Morgan fingerprint density at radius 1 is 0.656 bits per heavy atom. The first-order chi connectivity index (χ1) is 30.1. The maximum Gasteiger partial charge on any atom is 0.297 e. The maximum absolute atomic E-state index is 12.0. The van der Waals surface area contributed by atoms with Gasteiger partial charge in [0.05, 0.1) is 40.0 Å². The van der Waals surface area contributed by atoms with Gasteiger partial charge in [0.1, 0.15) is 32.6 Å². The normalized spacial score (nSPS) is 12.5. The number of rotatable bonds is 16. The molecule has 0 saturated heterocycles. The van der Waals surface area contributed by atoms with Crippen LogP contribution in [0.2, 0.25) is 0 Å². The smallest absolute Gasteiger partial charge is 0.297 e. The van der Waals surface area contributed by atoms with Crippen molar-refractivity contribution >= 4 is 98.0 Å². The number of ether oxygens (including phenoxy) is 1. The molecule has 6 aromatic rings. The zero-order valence-corrected chi connectivity index (χ0v) is 35.7. The molecule has 0 aliphatic carbocycles. The number of azo groups is 3. The number of nitrogen functional groups attached to an aromatic ring is 1. The Morgan fingerprint density at radius 3 is 1.95 bits per heavy atom. The van der Waals surface area contributed by atoms with Crippen molar-refractivity contribution in [3.8, 4) is 11.5 Å². The number of nitrogens with one attached hydrogen (secondary N) is 1. The van der Waals surface area contributed by atoms with Gasteiger partial charge in [0.15, 0.2) is 5.75 Å². The van der Waals surface area contributed by atoms with E-state index in [1.54, 1.807) is 68.4 Å². The number of phenolic OH excluding ortho intramolecular Hbond substituents is 1. The molecule has 0 unspecified atom stereocenters. The van der Waals surface area contributed by atoms with Gasteiger partial charge in [-0.3, -0.25) is 23.8 Å². The lowest BCUT2D eigenvalue weighted by atomic mass is 10.1. The zero-order valence-electron chi connectivity index (χ0n) is 33.3. The minimum absolute atomic E-state index is 0.0409. The van der Waals surface area contributed by atoms with Crippen LogP contribution in [0.15, 0.2) is 138 Å². The first-order valence-corrected chi connectivity index (χ1v) is 22.8. The summed E-state index contributed by atoms with van der Waals surface area (Å²) in [6, 6.07) is 22.7. The van der Waals surface area contributed by atoms with Gasteiger partial charge in [0.2, 0.25) is 0 Å². The molecule has 0 radical (unpaired) electrons. The standard InChI is InChI=1S/C39H35N9O13S3/c1-22-16-27(42-45-33-11-4-24-18-25(5-9-29(24)39(33)49)41-26-6-10-30(40)37(19-26)63(55,56)57)7-12-31(22)43-47-35-17-23(2)34(21-36(35)61-14-3-15-62(52,53)54)46-44-32-13-8-28(48(50)51)20-38(32)64(58,59)60/h4-13,16-21,41,49H,3,14-15,40H2,1-2H3,(H,52,53,54)(H,55,56,57)(H,58,59,60). The summed E-state index contributed by atoms with van der Waals surface area (Å²) in [4.78, 5) is 9.04. The van der Waals surface area contributed by atoms with Gasteiger partial charge in [0, 0.05) is 35.0 Å². The number of nitro benzene ring substituents is 1. The first kappa shape index (κ1) is 46.2. The Hall–Kier alpha value is -7.29. The average Bonchev–Trinajstić information content (AvgIpc) is 3.21. The molecule has 0 saturated carbocycles. The highest BCUT2D eigenvalue weighted by Crippen LogP contribution is 2.40. The first-order valence-electron chi connectivity index (χ1n) is 18.3. The minimum Gasteiger partial charge on any atom is -0.505 e. The Balaban J connectivity index is 1.21. The molecule has 6 aromatic carbocycles. The van der Waals surface area contributed by atoms with E-state index in [1.165, 1.54) is 24.3 Å². The highest BCUT2D eigenvalue weighted by Gasteiger charge is 2.21. The van der Waals surface area contributed by atoms with Crippen LogP contribution in [-0.4, -0.2) is 61.3 Å². The predicted octanol–water partition coefficient (Wildman–Crippen LogP) is 9.79. The van der Waals surface area contributed by atoms with Crippen molar-refractivity contribution in [1.29, 1.82) is 0 Å². The van der Waals surface area contributed by atoms with E-state index in [0.717, 1.165) is 12.1 Å². The maximum atomic E-state index is 12.0. The molecule has 6 rings (SSSR count). The van der Waals surface area contributed by atoms with Crippen molar-refractivity contribution in [3.05, 3.63) is 118 Å². The van der Waals surface area contributed by atoms with Crippen LogP contribution in [-0.2, 0) is 30.4 Å². The number of aryl methyl sites for hydroxylation is 2. The van der Waals surface area contributed by atoms with Crippen LogP contribution in [0.25, 0.3) is 10.8 Å². The van der Waals surface area contributed by atoms with E-state index >= 15 is 0 Å². The number of hydrogen-bond donors (Lipinski definition) is 6. The van der Waals surface area contributed by atoms with Gasteiger partial charge in [-0.25, -0.2) is 0 Å². The number of aromatic hydroxyl groups is 1. The molecule has 22 nitrogen and oxygen atoms in total. The summed E-state index contributed by atoms with van der Waals surface area (Å²) in [5.41, 5.74) is 7.74. The predicted molar refractivity (Wildman–Crippen MR) is 234 cm³/mol. The number of fused-ring (bicyclic) bond motifs is 1. The number of benzene rings is 6. The van der Waals surface area contributed by atoms with Gasteiger partial charge in [-0.05, 0) is 110 Å². The molecule has 0 spiro atoms. The van der Waals surface area contributed by atoms with Gasteiger partial charge in [-0.15, -0.1) is 15.3 Å². The molecule has 332 valence electrons. The third-order valence-electron chi connectivity index (χ3n) is 9.05. The van der Waals surface area contributed by atoms with Crippen LogP contribution in [0.5, 0.6) is 11.5 Å². The number of nitrogens with zero attached hydrogens (tertiary/aromatic N) is 7. The molecule has 64 heavy (non-hydrogen) atoms. The number of nitro groups is 1. The Bertz CT molecular complexity index is 3270. The molecular weight excluding hydrogens is 899 g/mol. The zero-order chi connectivity index (χ0) is 46.6. The summed E-state index contributed by atoms with van der Waals surface area (Å²) < 4.78 is 104. The quantitative estimate of drug-likeness (QED) is 0.0131. The van der Waals surface area contributed by atoms with Crippen LogP contribution in [0.4, 0.5) is 56.9 Å². The highest BCUT2D eigenvalue weighted by atomic mass is 32.2. The number of nitrogens with two attached hydrogens (primary N) is 1. The highest BCUT2D eigenvalue weighted by molar-refractivity contribution is 7.86. The van der Waals surface area contributed by atoms with Crippen LogP contribution in [0.3, 0.4) is 0 Å². The summed E-state index contributed by atoms with van der Waals surface area (Å²) >= 11 is 0. The van der Waals surface area contributed by atoms with Crippen molar-refractivity contribution in [2.24, 2.45) is 30.7 Å². The van der Waals surface area contributed by atoms with Crippen LogP contribution in [0, 0.1) is 24.0 Å². The molecule has 7 N–H and O–H groups in total. The number of non-ortho nitro benzene ring substituents is 1. The summed E-state index contributed by atoms with van der Waals surface area (Å²) in [5.74, 6) is -0.704. The van der Waals surface area contributed by atoms with Crippen molar-refractivity contribution in [1.82, 2.24) is 0 Å². The van der Waals surface area contributed by atoms with Crippen molar-refractivity contribution in [2.75, 3.05) is 23.4 Å². The molecule has 25 heteroatoms. The van der Waals surface area contributed by atoms with Crippen molar-refractivity contribution < 1.29 is 53.7 Å². The van der Waals surface area contributed by atoms with Crippen LogP contribution < -0.4 is 15.8 Å². The lowest BCUT2D eigenvalue weighted by Crippen LogP contribution is -2.08. The summed E-state index contributed by atoms with van der Waals surface area (Å²) in [6.45, 7) is 3.15. The topological polar surface area (TPSA) is 348 Å². The van der Waals surface area contributed by atoms with Gasteiger partial charge >= 0.3 is 0 Å². The SMILES string of the molecule is Cc1cc(N=Nc2ccc3cc(Nc4ccc(N)c(S(=O)(=O)O)c4)ccc3c2O)ccc1N=Nc1cc(C)c(N=Nc2ccc([N+](=O)[O-])cc2S(=O)(=O)O)cc1OCCCS(=O)(=O)O. The van der Waals surface area contributed by atoms with E-state index in [0.29, 0.717) is 50.7 Å². The van der Waals surface area contributed by atoms with Crippen molar-refractivity contribution in [2.45, 2.75) is 30.1 Å². The lowest BCUT2D eigenvalue weighted by molar-refractivity contribution is -0.385. The molecule has 0 bridgehead atoms. The summed E-state index contributed by atoms with van der Waals surface area (Å²) in [5, 5.41) is 51.4. The van der Waals surface area contributed by atoms with Crippen molar-refractivity contribution in [3.63, 3.8) is 0 Å². The lowest BCUT2D eigenvalue weighted by Gasteiger charge is -2.11. The van der Waals surface area contributed by atoms with E-state index in [-0.39, 0.29) is 47.3 Å². The Morgan fingerprint density at radius 2 is 1.27 bits per heavy atom. The largest absolute Gasteiger partial charge is 0.505 e. The van der Waals surface area contributed by atoms with Crippen LogP contribution >= 0.6 is 0 Å². The van der Waals surface area contributed by atoms with Crippen LogP contribution in [0.1, 0.15) is 17.5 Å². The molecular formula is C39H35N9O13S3. The molecule has 0 heterocycles. The van der Waals surface area contributed by atoms with Gasteiger partial charge in [-0.1, -0.05) is 6.07 Å². The number of phenols is 1. The molecule has 0 aliphatic rings. The van der Waals surface area contributed by atoms with Gasteiger partial charge in [0.25, 0.3) is 36.0 Å². The minimum atomic E-state index is -4.95. The number of hydrogen-bond acceptors (Lipinski definition) is 18. The van der Waals surface area contributed by atoms with E-state index < -0.39 is 62.2 Å². The Labute approximate surface area is 364 Å². The fourth-order valence-corrected chi connectivity index (χ4v) is 7.66. The third kappa shape index (κ3) is 11.6. The van der Waals surface area contributed by atoms with Gasteiger partial charge in [-0.2, -0.15) is 40.6 Å². The fraction of sp³-hybridized carbons (Fsp3) is 0.128. The summed E-state index contributed by atoms with van der Waals surface area (Å²) in [7, 11) is -13.8. The van der Waals surface area contributed by atoms with Gasteiger partial charge < -0.3 is 20.9 Å². The molecule has 0 atom stereocenters. The van der Waals surface area contributed by atoms with E-state index in [9.17, 15) is 49.6 Å². The average molecular weight is 934 g/mol. The second-order valence-corrected chi connectivity index (χ2v) is 18.1. The molecule has 0 aliphatic heterocycles. The Kier molecular flexibility index (Phi) is 13.4. The molecule has 0 aromatic heterocycles. The number of anilines is 3. The second kappa shape index (κ2) is 18.6. The van der Waals surface area contributed by atoms with E-state index in [2.05, 4.69) is 36.0 Å². The second-order valence-electron chi connectivity index (χ2n) is 13.8. The van der Waals surface area contributed by atoms with E-state index in [4.69, 9.17) is 15.0 Å². The third-order valence-corrected chi connectivity index (χ3v) is 11.6. The van der Waals surface area contributed by atoms with E-state index in [1.807, 2.05) is 0 Å². The molecule has 0 amide bonds. The fourth-order valence-electron chi connectivity index (χ4n) is 5.90.